The quantitative estimate of drug-likeness (QED) is 0.183. The summed E-state index contributed by atoms with van der Waals surface area (Å²) in [5, 5.41) is 22.9. The maximum Gasteiger partial charge on any atom is 0.227 e. The Morgan fingerprint density at radius 1 is 1.08 bits per heavy atom. The van der Waals surface area contributed by atoms with Crippen LogP contribution in [0.1, 0.15) is 53.1 Å². The van der Waals surface area contributed by atoms with E-state index in [1.165, 1.54) is 21.7 Å². The number of oxazole rings is 1. The molecule has 1 amide bonds. The fraction of sp³-hybridized carbons (Fsp3) is 0.385. The summed E-state index contributed by atoms with van der Waals surface area (Å²) in [7, 11) is 0. The molecule has 9 nitrogen and oxygen atoms in total. The van der Waals surface area contributed by atoms with Crippen molar-refractivity contribution >= 4 is 28.3 Å². The Kier molecular flexibility index (Phi) is 9.36. The molecule has 2 aromatic heterocycles. The van der Waals surface area contributed by atoms with E-state index in [1.807, 2.05) is 35.6 Å². The molecule has 4 heterocycles. The topological polar surface area (TPSA) is 119 Å². The van der Waals surface area contributed by atoms with Gasteiger partial charge >= 0.3 is 0 Å². The Morgan fingerprint density at radius 2 is 1.82 bits per heavy atom. The second-order valence-electron chi connectivity index (χ2n) is 13.5. The molecule has 49 heavy (non-hydrogen) atoms. The van der Waals surface area contributed by atoms with Crippen molar-refractivity contribution < 1.29 is 14.3 Å². The van der Waals surface area contributed by atoms with Gasteiger partial charge in [0.1, 0.15) is 16.6 Å². The van der Waals surface area contributed by atoms with Gasteiger partial charge in [-0.05, 0) is 86.7 Å². The number of nitriles is 1. The van der Waals surface area contributed by atoms with Crippen molar-refractivity contribution in [3.8, 4) is 39.2 Å². The zero-order valence-corrected chi connectivity index (χ0v) is 29.4. The molecule has 3 aromatic carbocycles. The zero-order valence-electron chi connectivity index (χ0n) is 28.5. The van der Waals surface area contributed by atoms with Gasteiger partial charge in [-0.25, -0.2) is 9.97 Å². The highest BCUT2D eigenvalue weighted by Gasteiger charge is 2.29. The third-order valence-electron chi connectivity index (χ3n) is 10.0. The zero-order chi connectivity index (χ0) is 34.2. The Bertz CT molecular complexity index is 2080. The van der Waals surface area contributed by atoms with E-state index >= 15 is 0 Å². The first-order valence-corrected chi connectivity index (χ1v) is 17.9. The number of amides is 1. The van der Waals surface area contributed by atoms with Crippen LogP contribution in [0.4, 0.5) is 0 Å². The predicted octanol–water partition coefficient (Wildman–Crippen LogP) is 6.47. The molecule has 0 unspecified atom stereocenters. The smallest absolute Gasteiger partial charge is 0.227 e. The van der Waals surface area contributed by atoms with Gasteiger partial charge in [0.25, 0.3) is 0 Å². The van der Waals surface area contributed by atoms with Gasteiger partial charge in [-0.2, -0.15) is 5.26 Å². The second kappa shape index (κ2) is 13.8. The number of hydrogen-bond acceptors (Lipinski definition) is 9. The van der Waals surface area contributed by atoms with Gasteiger partial charge in [-0.1, -0.05) is 30.3 Å². The molecular formula is C39H42N6O3S. The van der Waals surface area contributed by atoms with Crippen molar-refractivity contribution in [2.24, 2.45) is 5.92 Å². The third-order valence-corrected chi connectivity index (χ3v) is 11.2. The summed E-state index contributed by atoms with van der Waals surface area (Å²) in [4.78, 5) is 28.5. The van der Waals surface area contributed by atoms with E-state index < -0.39 is 0 Å². The average Bonchev–Trinajstić information content (AvgIpc) is 3.85. The van der Waals surface area contributed by atoms with Crippen LogP contribution in [-0.2, 0) is 24.3 Å². The Balaban J connectivity index is 1.16. The van der Waals surface area contributed by atoms with Crippen LogP contribution in [0.2, 0.25) is 0 Å². The first kappa shape index (κ1) is 33.1. The molecule has 10 heteroatoms. The lowest BCUT2D eigenvalue weighted by atomic mass is 9.91. The predicted molar refractivity (Wildman–Crippen MR) is 193 cm³/mol. The van der Waals surface area contributed by atoms with Crippen molar-refractivity contribution in [1.29, 1.82) is 5.26 Å². The van der Waals surface area contributed by atoms with E-state index in [0.29, 0.717) is 41.7 Å². The number of benzene rings is 3. The van der Waals surface area contributed by atoms with Gasteiger partial charge in [0.15, 0.2) is 5.58 Å². The molecule has 5 aromatic rings. The largest absolute Gasteiger partial charge is 0.435 e. The average molecular weight is 675 g/mol. The van der Waals surface area contributed by atoms with Crippen molar-refractivity contribution in [2.75, 3.05) is 32.8 Å². The van der Waals surface area contributed by atoms with Gasteiger partial charge in [0, 0.05) is 61.2 Å². The maximum absolute atomic E-state index is 12.4. The summed E-state index contributed by atoms with van der Waals surface area (Å²) in [5.74, 6) is 0.359. The lowest BCUT2D eigenvalue weighted by molar-refractivity contribution is -0.124. The minimum Gasteiger partial charge on any atom is -0.435 e. The van der Waals surface area contributed by atoms with Gasteiger partial charge in [0.2, 0.25) is 11.8 Å². The number of aliphatic hydroxyl groups is 1. The van der Waals surface area contributed by atoms with E-state index in [4.69, 9.17) is 19.5 Å². The highest BCUT2D eigenvalue weighted by atomic mass is 32.1. The lowest BCUT2D eigenvalue weighted by Crippen LogP contribution is -2.35. The molecule has 7 rings (SSSR count). The number of aromatic nitrogens is 2. The SMILES string of the molecule is Cc1c(-c2nc3cc(CN4CC[C@@H](C(=O)NCCO)C4)cc(C#N)c3o2)cccc1-c1cccc(-c2nc3c(s2)CN(C(C)C)CC3)c1C. The van der Waals surface area contributed by atoms with E-state index in [2.05, 4.69) is 73.1 Å². The van der Waals surface area contributed by atoms with Gasteiger partial charge in [-0.3, -0.25) is 14.6 Å². The number of carbonyl (C=O) groups excluding carboxylic acids is 1. The highest BCUT2D eigenvalue weighted by molar-refractivity contribution is 7.15. The molecule has 2 aliphatic heterocycles. The van der Waals surface area contributed by atoms with Crippen LogP contribution in [0.5, 0.6) is 0 Å². The molecule has 252 valence electrons. The van der Waals surface area contributed by atoms with Crippen LogP contribution in [0.3, 0.4) is 0 Å². The monoisotopic (exact) mass is 674 g/mol. The number of rotatable bonds is 9. The van der Waals surface area contributed by atoms with E-state index in [0.717, 1.165) is 65.3 Å². The van der Waals surface area contributed by atoms with Crippen LogP contribution in [0.25, 0.3) is 44.3 Å². The number of thiazole rings is 1. The van der Waals surface area contributed by atoms with E-state index in [1.54, 1.807) is 0 Å². The molecule has 0 bridgehead atoms. The molecular weight excluding hydrogens is 633 g/mol. The molecule has 0 aliphatic carbocycles. The van der Waals surface area contributed by atoms with Crippen molar-refractivity contribution in [1.82, 2.24) is 25.1 Å². The van der Waals surface area contributed by atoms with Crippen molar-refractivity contribution in [3.63, 3.8) is 0 Å². The normalized spacial score (nSPS) is 16.7. The fourth-order valence-electron chi connectivity index (χ4n) is 7.24. The van der Waals surface area contributed by atoms with Crippen LogP contribution >= 0.6 is 11.3 Å². The van der Waals surface area contributed by atoms with E-state index in [9.17, 15) is 10.1 Å². The standard InChI is InChI=1S/C39H42N6O3S/c1-23(2)45-15-12-33-35(22-45)49-39(43-33)32-10-6-8-30(25(32)4)29-7-5-9-31(24(29)3)38-42-34-18-26(17-28(19-40)36(34)48-38)20-44-14-11-27(21-44)37(47)41-13-16-46/h5-10,17-18,23,27,46H,11-16,20-22H2,1-4H3,(H,41,47)/t27-/m1/s1. The minimum absolute atomic E-state index is 0.0227. The minimum atomic E-state index is -0.105. The third kappa shape index (κ3) is 6.52. The highest BCUT2D eigenvalue weighted by Crippen LogP contribution is 2.40. The number of carbonyl (C=O) groups is 1. The van der Waals surface area contributed by atoms with Crippen molar-refractivity contribution in [2.45, 2.75) is 59.7 Å². The molecule has 2 N–H and O–H groups in total. The summed E-state index contributed by atoms with van der Waals surface area (Å²) in [6.07, 6.45) is 1.76. The van der Waals surface area contributed by atoms with E-state index in [-0.39, 0.29) is 25.0 Å². The molecule has 1 fully saturated rings. The number of nitrogens with one attached hydrogen (secondary N) is 1. The summed E-state index contributed by atoms with van der Waals surface area (Å²) in [6.45, 7) is 13.1. The molecule has 0 spiro atoms. The molecule has 0 saturated carbocycles. The Hall–Kier alpha value is -4.40. The number of fused-ring (bicyclic) bond motifs is 2. The number of hydrogen-bond donors (Lipinski definition) is 2. The Morgan fingerprint density at radius 3 is 2.55 bits per heavy atom. The van der Waals surface area contributed by atoms with Crippen molar-refractivity contribution in [3.05, 3.63) is 81.4 Å². The van der Waals surface area contributed by atoms with Crippen LogP contribution in [0.15, 0.2) is 52.9 Å². The van der Waals surface area contributed by atoms with Gasteiger partial charge in [-0.15, -0.1) is 11.3 Å². The Labute approximate surface area is 291 Å². The lowest BCUT2D eigenvalue weighted by Gasteiger charge is -2.29. The molecule has 0 radical (unpaired) electrons. The van der Waals surface area contributed by atoms with Crippen LogP contribution in [-0.4, -0.2) is 69.6 Å². The molecule has 1 atom stereocenters. The summed E-state index contributed by atoms with van der Waals surface area (Å²) in [5.41, 5.74) is 10.3. The number of aliphatic hydroxyl groups excluding tert-OH is 1. The summed E-state index contributed by atoms with van der Waals surface area (Å²) >= 11 is 1.82. The molecule has 1 saturated heterocycles. The van der Waals surface area contributed by atoms with Gasteiger partial charge in [0.05, 0.1) is 23.8 Å². The van der Waals surface area contributed by atoms with Crippen LogP contribution in [0, 0.1) is 31.1 Å². The molecule has 2 aliphatic rings. The fourth-order valence-corrected chi connectivity index (χ4v) is 8.46. The number of nitrogens with zero attached hydrogens (tertiary/aromatic N) is 5. The summed E-state index contributed by atoms with van der Waals surface area (Å²) < 4.78 is 6.32. The first-order chi connectivity index (χ1) is 23.7. The maximum atomic E-state index is 12.4. The summed E-state index contributed by atoms with van der Waals surface area (Å²) in [6, 6.07) is 19.4. The first-order valence-electron chi connectivity index (χ1n) is 17.1. The van der Waals surface area contributed by atoms with Gasteiger partial charge < -0.3 is 14.8 Å². The number of likely N-dealkylation sites (tertiary alicyclic amines) is 1. The van der Waals surface area contributed by atoms with Crippen LogP contribution < -0.4 is 5.32 Å². The second-order valence-corrected chi connectivity index (χ2v) is 14.6.